The maximum Gasteiger partial charge on any atom is 0.573 e. The number of nitrogens with zero attached hydrogens (tertiary/aromatic N) is 5. The standard InChI is InChI=1S/C17H22F3N5O2S/c1-10(2)24(11(3)4)15(26)12(5)28-16-21-22-23-25(16)13-6-8-14(9-7-13)27-17(18,19)20/h6-12H,1-5H3. The van der Waals surface area contributed by atoms with Crippen LogP contribution in [0.5, 0.6) is 5.75 Å². The molecule has 1 heterocycles. The summed E-state index contributed by atoms with van der Waals surface area (Å²) in [6.07, 6.45) is -4.76. The number of carbonyl (C=O) groups is 1. The number of alkyl halides is 3. The van der Waals surface area contributed by atoms with Gasteiger partial charge in [-0.25, -0.2) is 0 Å². The number of amides is 1. The number of ether oxygens (including phenoxy) is 1. The number of halogens is 3. The molecule has 1 amide bonds. The summed E-state index contributed by atoms with van der Waals surface area (Å²) in [6.45, 7) is 9.56. The minimum absolute atomic E-state index is 0.0431. The molecule has 0 spiro atoms. The SMILES string of the molecule is CC(Sc1nnnn1-c1ccc(OC(F)(F)F)cc1)C(=O)N(C(C)C)C(C)C. The first-order valence-corrected chi connectivity index (χ1v) is 9.51. The Morgan fingerprint density at radius 3 is 2.18 bits per heavy atom. The second kappa shape index (κ2) is 8.80. The molecule has 2 rings (SSSR count). The molecule has 11 heteroatoms. The molecule has 1 aromatic carbocycles. The van der Waals surface area contributed by atoms with Crippen LogP contribution in [0.25, 0.3) is 5.69 Å². The van der Waals surface area contributed by atoms with Crippen LogP contribution in [0.4, 0.5) is 13.2 Å². The van der Waals surface area contributed by atoms with Gasteiger partial charge in [-0.1, -0.05) is 11.8 Å². The van der Waals surface area contributed by atoms with Crippen molar-refractivity contribution in [2.24, 2.45) is 0 Å². The summed E-state index contributed by atoms with van der Waals surface area (Å²) < 4.78 is 42.1. The van der Waals surface area contributed by atoms with Crippen LogP contribution in [0.2, 0.25) is 0 Å². The summed E-state index contributed by atoms with van der Waals surface area (Å²) in [7, 11) is 0. The van der Waals surface area contributed by atoms with E-state index in [9.17, 15) is 18.0 Å². The van der Waals surface area contributed by atoms with Gasteiger partial charge in [0.05, 0.1) is 10.9 Å². The van der Waals surface area contributed by atoms with Gasteiger partial charge >= 0.3 is 6.36 Å². The van der Waals surface area contributed by atoms with Crippen molar-refractivity contribution in [2.75, 3.05) is 0 Å². The van der Waals surface area contributed by atoms with Gasteiger partial charge < -0.3 is 9.64 Å². The van der Waals surface area contributed by atoms with E-state index in [0.29, 0.717) is 10.8 Å². The van der Waals surface area contributed by atoms with E-state index in [1.54, 1.807) is 11.8 Å². The Morgan fingerprint density at radius 2 is 1.68 bits per heavy atom. The Morgan fingerprint density at radius 1 is 1.11 bits per heavy atom. The fourth-order valence-corrected chi connectivity index (χ4v) is 3.59. The van der Waals surface area contributed by atoms with Crippen molar-refractivity contribution in [3.8, 4) is 11.4 Å². The molecule has 1 aromatic heterocycles. The maximum atomic E-state index is 12.8. The highest BCUT2D eigenvalue weighted by Gasteiger charge is 2.31. The number of thioether (sulfide) groups is 1. The lowest BCUT2D eigenvalue weighted by Gasteiger charge is -2.32. The van der Waals surface area contributed by atoms with Gasteiger partial charge in [0.1, 0.15) is 5.75 Å². The fraction of sp³-hybridized carbons (Fsp3) is 0.529. The van der Waals surface area contributed by atoms with E-state index in [2.05, 4.69) is 20.3 Å². The van der Waals surface area contributed by atoms with Gasteiger partial charge in [0.25, 0.3) is 0 Å². The van der Waals surface area contributed by atoms with Gasteiger partial charge in [0.2, 0.25) is 11.1 Å². The summed E-state index contributed by atoms with van der Waals surface area (Å²) in [5.74, 6) is -0.384. The highest BCUT2D eigenvalue weighted by Crippen LogP contribution is 2.27. The molecular weight excluding hydrogens is 395 g/mol. The van der Waals surface area contributed by atoms with Crippen molar-refractivity contribution in [1.82, 2.24) is 25.1 Å². The van der Waals surface area contributed by atoms with Crippen LogP contribution in [-0.2, 0) is 4.79 Å². The van der Waals surface area contributed by atoms with Crippen molar-refractivity contribution in [3.63, 3.8) is 0 Å². The fourth-order valence-electron chi connectivity index (χ4n) is 2.73. The van der Waals surface area contributed by atoms with Crippen molar-refractivity contribution in [2.45, 2.75) is 63.5 Å². The summed E-state index contributed by atoms with van der Waals surface area (Å²) in [6, 6.07) is 5.25. The topological polar surface area (TPSA) is 73.1 Å². The quantitative estimate of drug-likeness (QED) is 0.640. The summed E-state index contributed by atoms with van der Waals surface area (Å²) in [5, 5.41) is 11.3. The van der Waals surface area contributed by atoms with E-state index < -0.39 is 11.6 Å². The van der Waals surface area contributed by atoms with Crippen LogP contribution < -0.4 is 4.74 Å². The Kier molecular flexibility index (Phi) is 6.91. The van der Waals surface area contributed by atoms with Crippen LogP contribution in [0, 0.1) is 0 Å². The van der Waals surface area contributed by atoms with Gasteiger partial charge in [-0.2, -0.15) is 4.68 Å². The van der Waals surface area contributed by atoms with E-state index in [1.807, 2.05) is 27.7 Å². The van der Waals surface area contributed by atoms with Gasteiger partial charge in [0.15, 0.2) is 0 Å². The highest BCUT2D eigenvalue weighted by molar-refractivity contribution is 8.00. The van der Waals surface area contributed by atoms with Gasteiger partial charge in [0, 0.05) is 12.1 Å². The average Bonchev–Trinajstić information content (AvgIpc) is 3.01. The van der Waals surface area contributed by atoms with Crippen LogP contribution in [-0.4, -0.2) is 54.7 Å². The van der Waals surface area contributed by atoms with Crippen LogP contribution in [0.1, 0.15) is 34.6 Å². The molecule has 1 atom stereocenters. The van der Waals surface area contributed by atoms with Crippen LogP contribution in [0.15, 0.2) is 29.4 Å². The second-order valence-corrected chi connectivity index (χ2v) is 7.92. The molecule has 1 unspecified atom stereocenters. The molecule has 154 valence electrons. The molecule has 0 saturated heterocycles. The van der Waals surface area contributed by atoms with E-state index in [0.717, 1.165) is 0 Å². The third-order valence-corrected chi connectivity index (χ3v) is 4.77. The molecule has 7 nitrogen and oxygen atoms in total. The molecule has 0 aliphatic rings. The lowest BCUT2D eigenvalue weighted by Crippen LogP contribution is -2.45. The Balaban J connectivity index is 2.16. The zero-order valence-corrected chi connectivity index (χ0v) is 17.0. The minimum atomic E-state index is -4.76. The zero-order valence-electron chi connectivity index (χ0n) is 16.1. The van der Waals surface area contributed by atoms with E-state index >= 15 is 0 Å². The number of benzene rings is 1. The van der Waals surface area contributed by atoms with E-state index in [4.69, 9.17) is 0 Å². The third kappa shape index (κ3) is 5.60. The predicted octanol–water partition coefficient (Wildman–Crippen LogP) is 3.69. The molecule has 0 fully saturated rings. The molecule has 0 radical (unpaired) electrons. The zero-order chi connectivity index (χ0) is 21.1. The number of hydrogen-bond donors (Lipinski definition) is 0. The minimum Gasteiger partial charge on any atom is -0.406 e. The number of aromatic nitrogens is 4. The summed E-state index contributed by atoms with van der Waals surface area (Å²) >= 11 is 1.18. The van der Waals surface area contributed by atoms with Crippen molar-refractivity contribution >= 4 is 17.7 Å². The first-order chi connectivity index (χ1) is 13.0. The Hall–Kier alpha value is -2.30. The monoisotopic (exact) mass is 417 g/mol. The Labute approximate surface area is 165 Å². The first-order valence-electron chi connectivity index (χ1n) is 8.63. The maximum absolute atomic E-state index is 12.8. The van der Waals surface area contributed by atoms with Gasteiger partial charge in [-0.3, -0.25) is 4.79 Å². The average molecular weight is 417 g/mol. The molecule has 0 aliphatic carbocycles. The second-order valence-electron chi connectivity index (χ2n) is 6.61. The molecule has 2 aromatic rings. The van der Waals surface area contributed by atoms with E-state index in [1.165, 1.54) is 40.7 Å². The number of tetrazole rings is 1. The van der Waals surface area contributed by atoms with Crippen molar-refractivity contribution in [3.05, 3.63) is 24.3 Å². The predicted molar refractivity (Wildman–Crippen MR) is 98.3 cm³/mol. The molecule has 28 heavy (non-hydrogen) atoms. The molecule has 0 N–H and O–H groups in total. The van der Waals surface area contributed by atoms with Crippen LogP contribution in [0.3, 0.4) is 0 Å². The van der Waals surface area contributed by atoms with Gasteiger partial charge in [-0.15, -0.1) is 18.3 Å². The van der Waals surface area contributed by atoms with Crippen LogP contribution >= 0.6 is 11.8 Å². The molecule has 0 bridgehead atoms. The highest BCUT2D eigenvalue weighted by atomic mass is 32.2. The normalized spacial score (nSPS) is 13.1. The molecular formula is C17H22F3N5O2S. The molecule has 0 aliphatic heterocycles. The smallest absolute Gasteiger partial charge is 0.406 e. The third-order valence-electron chi connectivity index (χ3n) is 3.75. The van der Waals surface area contributed by atoms with Gasteiger partial charge in [-0.05, 0) is 69.3 Å². The van der Waals surface area contributed by atoms with Crippen molar-refractivity contribution < 1.29 is 22.7 Å². The first kappa shape index (κ1) is 22.0. The Bertz CT molecular complexity index is 785. The largest absolute Gasteiger partial charge is 0.573 e. The van der Waals surface area contributed by atoms with Crippen molar-refractivity contribution in [1.29, 1.82) is 0 Å². The summed E-state index contributed by atoms with van der Waals surface area (Å²) in [5.41, 5.74) is 0.450. The lowest BCUT2D eigenvalue weighted by molar-refractivity contribution is -0.274. The lowest BCUT2D eigenvalue weighted by atomic mass is 10.2. The number of carbonyl (C=O) groups excluding carboxylic acids is 1. The molecule has 0 saturated carbocycles. The number of hydrogen-bond acceptors (Lipinski definition) is 6. The van der Waals surface area contributed by atoms with E-state index in [-0.39, 0.29) is 23.7 Å². The summed E-state index contributed by atoms with van der Waals surface area (Å²) in [4.78, 5) is 14.6. The number of rotatable bonds is 7.